The van der Waals surface area contributed by atoms with Gasteiger partial charge >= 0.3 is 0 Å². The molecule has 0 saturated heterocycles. The monoisotopic (exact) mass is 225 g/mol. The van der Waals surface area contributed by atoms with Gasteiger partial charge in [-0.15, -0.1) is 6.58 Å². The zero-order valence-electron chi connectivity index (χ0n) is 9.75. The Kier molecular flexibility index (Phi) is 4.67. The summed E-state index contributed by atoms with van der Waals surface area (Å²) >= 11 is 0. The highest BCUT2D eigenvalue weighted by Crippen LogP contribution is 2.16. The zero-order chi connectivity index (χ0) is 12.1. The van der Waals surface area contributed by atoms with E-state index in [2.05, 4.69) is 17.4 Å². The van der Waals surface area contributed by atoms with Gasteiger partial charge in [-0.2, -0.15) is 5.48 Å². The van der Waals surface area contributed by atoms with Crippen LogP contribution in [0.25, 0.3) is 0 Å². The third-order valence-corrected chi connectivity index (χ3v) is 2.82. The molecular formula is C11H19N3O2. The summed E-state index contributed by atoms with van der Waals surface area (Å²) in [5, 5.41) is 3.07. The van der Waals surface area contributed by atoms with Crippen molar-refractivity contribution in [2.45, 2.75) is 25.9 Å². The molecular weight excluding hydrogens is 206 g/mol. The molecule has 2 atom stereocenters. The van der Waals surface area contributed by atoms with Crippen LogP contribution in [0.5, 0.6) is 0 Å². The van der Waals surface area contributed by atoms with Crippen LogP contribution >= 0.6 is 0 Å². The molecule has 5 nitrogen and oxygen atoms in total. The molecule has 4 N–H and O–H groups in total. The van der Waals surface area contributed by atoms with Gasteiger partial charge in [-0.25, -0.2) is 0 Å². The summed E-state index contributed by atoms with van der Waals surface area (Å²) in [6.07, 6.45) is 1.67. The number of amides is 1. The van der Waals surface area contributed by atoms with Crippen LogP contribution in [-0.2, 0) is 9.63 Å². The molecule has 90 valence electrons. The molecule has 0 saturated carbocycles. The first-order chi connectivity index (χ1) is 7.57. The Balaban J connectivity index is 2.64. The number of hydroxylamine groups is 1. The second-order valence-electron chi connectivity index (χ2n) is 3.88. The summed E-state index contributed by atoms with van der Waals surface area (Å²) in [6.45, 7) is 8.50. The van der Waals surface area contributed by atoms with Gasteiger partial charge in [0.15, 0.2) is 0 Å². The van der Waals surface area contributed by atoms with Crippen LogP contribution < -0.4 is 16.5 Å². The van der Waals surface area contributed by atoms with E-state index in [0.29, 0.717) is 13.2 Å². The van der Waals surface area contributed by atoms with Gasteiger partial charge in [0.1, 0.15) is 6.04 Å². The van der Waals surface area contributed by atoms with Gasteiger partial charge in [0.05, 0.1) is 12.6 Å². The first-order valence-corrected chi connectivity index (χ1v) is 5.26. The van der Waals surface area contributed by atoms with Crippen LogP contribution in [0.4, 0.5) is 0 Å². The number of rotatable bonds is 5. The number of hydrogen-bond donors (Lipinski definition) is 3. The SMILES string of the molecule is C=CCONC1CNC(C(N)=O)C(C)=C1C. The van der Waals surface area contributed by atoms with E-state index < -0.39 is 0 Å². The number of carbonyl (C=O) groups excluding carboxylic acids is 1. The molecule has 0 spiro atoms. The lowest BCUT2D eigenvalue weighted by molar-refractivity contribution is -0.119. The zero-order valence-corrected chi connectivity index (χ0v) is 9.75. The van der Waals surface area contributed by atoms with Crippen LogP contribution in [-0.4, -0.2) is 31.1 Å². The Bertz CT molecular complexity index is 312. The van der Waals surface area contributed by atoms with E-state index in [4.69, 9.17) is 10.6 Å². The third-order valence-electron chi connectivity index (χ3n) is 2.82. The molecule has 1 aliphatic rings. The highest BCUT2D eigenvalue weighted by molar-refractivity contribution is 5.83. The van der Waals surface area contributed by atoms with Gasteiger partial charge in [-0.3, -0.25) is 9.63 Å². The lowest BCUT2D eigenvalue weighted by Crippen LogP contribution is -2.53. The molecule has 0 bridgehead atoms. The number of primary amides is 1. The average Bonchev–Trinajstić information content (AvgIpc) is 2.24. The van der Waals surface area contributed by atoms with Gasteiger partial charge in [0.2, 0.25) is 5.91 Å². The fourth-order valence-electron chi connectivity index (χ4n) is 1.70. The van der Waals surface area contributed by atoms with E-state index in [1.165, 1.54) is 0 Å². The van der Waals surface area contributed by atoms with Crippen molar-refractivity contribution in [3.63, 3.8) is 0 Å². The molecule has 0 aromatic rings. The van der Waals surface area contributed by atoms with Crippen LogP contribution in [0.15, 0.2) is 23.8 Å². The highest BCUT2D eigenvalue weighted by atomic mass is 16.6. The van der Waals surface area contributed by atoms with Crippen molar-refractivity contribution in [2.24, 2.45) is 5.73 Å². The number of carbonyl (C=O) groups is 1. The molecule has 5 heteroatoms. The van der Waals surface area contributed by atoms with Crippen molar-refractivity contribution in [3.05, 3.63) is 23.8 Å². The number of nitrogens with one attached hydrogen (secondary N) is 2. The predicted molar refractivity (Wildman–Crippen MR) is 62.4 cm³/mol. The Morgan fingerprint density at radius 3 is 2.94 bits per heavy atom. The molecule has 16 heavy (non-hydrogen) atoms. The van der Waals surface area contributed by atoms with Gasteiger partial charge in [-0.1, -0.05) is 11.6 Å². The molecule has 0 fully saturated rings. The summed E-state index contributed by atoms with van der Waals surface area (Å²) in [4.78, 5) is 16.3. The largest absolute Gasteiger partial charge is 0.368 e. The highest BCUT2D eigenvalue weighted by Gasteiger charge is 2.27. The fourth-order valence-corrected chi connectivity index (χ4v) is 1.70. The quantitative estimate of drug-likeness (QED) is 0.346. The van der Waals surface area contributed by atoms with E-state index in [9.17, 15) is 4.79 Å². The Morgan fingerprint density at radius 1 is 1.69 bits per heavy atom. The van der Waals surface area contributed by atoms with E-state index in [-0.39, 0.29) is 18.0 Å². The first kappa shape index (κ1) is 12.9. The van der Waals surface area contributed by atoms with Crippen molar-refractivity contribution in [3.8, 4) is 0 Å². The summed E-state index contributed by atoms with van der Waals surface area (Å²) < 4.78 is 0. The Labute approximate surface area is 95.7 Å². The van der Waals surface area contributed by atoms with E-state index in [1.54, 1.807) is 6.08 Å². The molecule has 0 aromatic carbocycles. The summed E-state index contributed by atoms with van der Waals surface area (Å²) in [5.41, 5.74) is 10.3. The minimum absolute atomic E-state index is 0.0653. The second-order valence-corrected chi connectivity index (χ2v) is 3.88. The molecule has 1 heterocycles. The lowest BCUT2D eigenvalue weighted by Gasteiger charge is -2.31. The molecule has 1 amide bonds. The van der Waals surface area contributed by atoms with Crippen molar-refractivity contribution >= 4 is 5.91 Å². The maximum atomic E-state index is 11.1. The van der Waals surface area contributed by atoms with Gasteiger partial charge in [-0.05, 0) is 19.4 Å². The predicted octanol–water partition coefficient (Wildman–Crippen LogP) is -0.144. The minimum Gasteiger partial charge on any atom is -0.368 e. The smallest absolute Gasteiger partial charge is 0.238 e. The van der Waals surface area contributed by atoms with E-state index in [0.717, 1.165) is 11.1 Å². The molecule has 1 rings (SSSR count). The van der Waals surface area contributed by atoms with E-state index in [1.807, 2.05) is 13.8 Å². The normalized spacial score (nSPS) is 25.6. The number of nitrogens with two attached hydrogens (primary N) is 1. The average molecular weight is 225 g/mol. The van der Waals surface area contributed by atoms with Gasteiger partial charge < -0.3 is 11.1 Å². The first-order valence-electron chi connectivity index (χ1n) is 5.26. The maximum Gasteiger partial charge on any atom is 0.238 e. The van der Waals surface area contributed by atoms with Crippen LogP contribution in [0.2, 0.25) is 0 Å². The summed E-state index contributed by atoms with van der Waals surface area (Å²) in [6, 6.07) is -0.298. The van der Waals surface area contributed by atoms with Crippen LogP contribution in [0, 0.1) is 0 Å². The van der Waals surface area contributed by atoms with Gasteiger partial charge in [0, 0.05) is 6.54 Å². The van der Waals surface area contributed by atoms with Gasteiger partial charge in [0.25, 0.3) is 0 Å². The molecule has 0 aromatic heterocycles. The third kappa shape index (κ3) is 2.91. The minimum atomic E-state index is -0.363. The Hall–Kier alpha value is -1.17. The summed E-state index contributed by atoms with van der Waals surface area (Å²) in [7, 11) is 0. The topological polar surface area (TPSA) is 76.4 Å². The fraction of sp³-hybridized carbons (Fsp3) is 0.545. The molecule has 1 aliphatic heterocycles. The molecule has 0 aliphatic carbocycles. The maximum absolute atomic E-state index is 11.1. The van der Waals surface area contributed by atoms with Crippen molar-refractivity contribution in [2.75, 3.05) is 13.2 Å². The van der Waals surface area contributed by atoms with Crippen LogP contribution in [0.3, 0.4) is 0 Å². The standard InChI is InChI=1S/C11H19N3O2/c1-4-5-16-14-9-6-13-10(11(12)15)8(3)7(9)2/h4,9-10,13-14H,1,5-6H2,2-3H3,(H2,12,15). The lowest BCUT2D eigenvalue weighted by atomic mass is 9.93. The number of hydrogen-bond acceptors (Lipinski definition) is 4. The Morgan fingerprint density at radius 2 is 2.38 bits per heavy atom. The van der Waals surface area contributed by atoms with E-state index >= 15 is 0 Å². The van der Waals surface area contributed by atoms with Crippen LogP contribution in [0.1, 0.15) is 13.8 Å². The summed E-state index contributed by atoms with van der Waals surface area (Å²) in [5.74, 6) is -0.345. The second kappa shape index (κ2) is 5.79. The van der Waals surface area contributed by atoms with Crippen molar-refractivity contribution in [1.82, 2.24) is 10.8 Å². The van der Waals surface area contributed by atoms with Crippen molar-refractivity contribution < 1.29 is 9.63 Å². The molecule has 2 unspecified atom stereocenters. The van der Waals surface area contributed by atoms with Crippen molar-refractivity contribution in [1.29, 1.82) is 0 Å². The molecule has 0 radical (unpaired) electrons.